The predicted molar refractivity (Wildman–Crippen MR) is 56.3 cm³/mol. The van der Waals surface area contributed by atoms with Crippen molar-refractivity contribution in [1.29, 1.82) is 0 Å². The van der Waals surface area contributed by atoms with Crippen molar-refractivity contribution >= 4 is 11.7 Å². The van der Waals surface area contributed by atoms with Crippen LogP contribution in [0, 0.1) is 0 Å². The molecule has 4 nitrogen and oxygen atoms in total. The number of amides is 1. The van der Waals surface area contributed by atoms with E-state index in [4.69, 9.17) is 4.74 Å². The molecule has 0 spiro atoms. The second-order valence-electron chi connectivity index (χ2n) is 3.17. The predicted octanol–water partition coefficient (Wildman–Crippen LogP) is 1.26. The molecular formula is C11H11F2NO3. The number of alkyl halides is 2. The summed E-state index contributed by atoms with van der Waals surface area (Å²) in [6.07, 6.45) is -3.11. The maximum Gasteiger partial charge on any atom is 0.315 e. The van der Waals surface area contributed by atoms with E-state index < -0.39 is 24.7 Å². The Kier molecular flexibility index (Phi) is 4.56. The molecule has 0 radical (unpaired) electrons. The number of rotatable bonds is 5. The molecule has 1 aromatic rings. The van der Waals surface area contributed by atoms with Crippen molar-refractivity contribution in [3.05, 3.63) is 29.8 Å². The largest absolute Gasteiger partial charge is 0.497 e. The first kappa shape index (κ1) is 13.1. The van der Waals surface area contributed by atoms with Crippen molar-refractivity contribution < 1.29 is 23.1 Å². The molecule has 0 aliphatic carbocycles. The van der Waals surface area contributed by atoms with E-state index >= 15 is 0 Å². The second-order valence-corrected chi connectivity index (χ2v) is 3.17. The van der Waals surface area contributed by atoms with Crippen LogP contribution in [0.4, 0.5) is 8.78 Å². The first-order chi connectivity index (χ1) is 8.04. The number of carbonyl (C=O) groups excluding carboxylic acids is 2. The van der Waals surface area contributed by atoms with Crippen LogP contribution in [0.2, 0.25) is 0 Å². The van der Waals surface area contributed by atoms with Crippen molar-refractivity contribution in [2.45, 2.75) is 6.43 Å². The van der Waals surface area contributed by atoms with Gasteiger partial charge in [0.1, 0.15) is 5.75 Å². The number of benzene rings is 1. The summed E-state index contributed by atoms with van der Waals surface area (Å²) in [4.78, 5) is 22.0. The first-order valence-corrected chi connectivity index (χ1v) is 4.77. The zero-order chi connectivity index (χ0) is 12.8. The molecule has 1 amide bonds. The first-order valence-electron chi connectivity index (χ1n) is 4.77. The van der Waals surface area contributed by atoms with Gasteiger partial charge in [0.2, 0.25) is 0 Å². The summed E-state index contributed by atoms with van der Waals surface area (Å²) >= 11 is 0. The SMILES string of the molecule is COc1ccc(C(=O)CNC(=O)C(F)F)cc1. The number of hydrogen-bond acceptors (Lipinski definition) is 3. The van der Waals surface area contributed by atoms with Gasteiger partial charge in [-0.2, -0.15) is 8.78 Å². The third kappa shape index (κ3) is 3.82. The number of methoxy groups -OCH3 is 1. The molecule has 0 heterocycles. The van der Waals surface area contributed by atoms with E-state index in [-0.39, 0.29) is 0 Å². The van der Waals surface area contributed by atoms with E-state index in [1.165, 1.54) is 19.2 Å². The smallest absolute Gasteiger partial charge is 0.315 e. The quantitative estimate of drug-likeness (QED) is 0.792. The van der Waals surface area contributed by atoms with Gasteiger partial charge in [0.25, 0.3) is 5.91 Å². The average molecular weight is 243 g/mol. The van der Waals surface area contributed by atoms with E-state index in [0.717, 1.165) is 0 Å². The van der Waals surface area contributed by atoms with Crippen LogP contribution in [-0.4, -0.2) is 31.8 Å². The van der Waals surface area contributed by atoms with Crippen molar-refractivity contribution in [2.24, 2.45) is 0 Å². The molecule has 92 valence electrons. The summed E-state index contributed by atoms with van der Waals surface area (Å²) in [6, 6.07) is 6.13. The lowest BCUT2D eigenvalue weighted by molar-refractivity contribution is -0.131. The fraction of sp³-hybridized carbons (Fsp3) is 0.273. The van der Waals surface area contributed by atoms with Gasteiger partial charge in [-0.25, -0.2) is 0 Å². The molecule has 0 saturated carbocycles. The molecule has 1 aromatic carbocycles. The Labute approximate surface area is 96.6 Å². The third-order valence-electron chi connectivity index (χ3n) is 2.03. The van der Waals surface area contributed by atoms with Gasteiger partial charge in [-0.15, -0.1) is 0 Å². The number of nitrogens with one attached hydrogen (secondary N) is 1. The Bertz CT molecular complexity index is 404. The van der Waals surface area contributed by atoms with Gasteiger partial charge in [0.05, 0.1) is 13.7 Å². The lowest BCUT2D eigenvalue weighted by Crippen LogP contribution is -2.33. The minimum atomic E-state index is -3.11. The number of Topliss-reactive ketones (excluding diaryl/α,β-unsaturated/α-hetero) is 1. The lowest BCUT2D eigenvalue weighted by atomic mass is 10.1. The Balaban J connectivity index is 2.55. The number of ether oxygens (including phenoxy) is 1. The van der Waals surface area contributed by atoms with Gasteiger partial charge in [-0.05, 0) is 24.3 Å². The van der Waals surface area contributed by atoms with Crippen LogP contribution >= 0.6 is 0 Å². The van der Waals surface area contributed by atoms with Crippen LogP contribution in [0.25, 0.3) is 0 Å². The number of halogens is 2. The molecule has 0 saturated heterocycles. The number of carbonyl (C=O) groups is 2. The summed E-state index contributed by atoms with van der Waals surface area (Å²) in [5.41, 5.74) is 0.320. The van der Waals surface area contributed by atoms with Gasteiger partial charge < -0.3 is 10.1 Å². The molecule has 0 aliphatic heterocycles. The van der Waals surface area contributed by atoms with Crippen LogP contribution in [0.15, 0.2) is 24.3 Å². The van der Waals surface area contributed by atoms with E-state index in [1.807, 2.05) is 5.32 Å². The molecule has 1 N–H and O–H groups in total. The zero-order valence-electron chi connectivity index (χ0n) is 9.07. The normalized spacial score (nSPS) is 10.1. The van der Waals surface area contributed by atoms with Gasteiger partial charge in [0.15, 0.2) is 5.78 Å². The molecule has 0 atom stereocenters. The van der Waals surface area contributed by atoms with Crippen molar-refractivity contribution in [2.75, 3.05) is 13.7 Å². The van der Waals surface area contributed by atoms with E-state index in [2.05, 4.69) is 0 Å². The maximum absolute atomic E-state index is 11.8. The maximum atomic E-state index is 11.8. The zero-order valence-corrected chi connectivity index (χ0v) is 9.07. The Morgan fingerprint density at radius 3 is 2.35 bits per heavy atom. The van der Waals surface area contributed by atoms with Crippen LogP contribution < -0.4 is 10.1 Å². The Hall–Kier alpha value is -1.98. The van der Waals surface area contributed by atoms with Gasteiger partial charge >= 0.3 is 6.43 Å². The van der Waals surface area contributed by atoms with E-state index in [0.29, 0.717) is 11.3 Å². The third-order valence-corrected chi connectivity index (χ3v) is 2.03. The van der Waals surface area contributed by atoms with E-state index in [9.17, 15) is 18.4 Å². The summed E-state index contributed by atoms with van der Waals surface area (Å²) in [5, 5.41) is 1.84. The van der Waals surface area contributed by atoms with Crippen molar-refractivity contribution in [3.8, 4) is 5.75 Å². The molecule has 0 bridgehead atoms. The molecular weight excluding hydrogens is 232 g/mol. The highest BCUT2D eigenvalue weighted by Gasteiger charge is 2.16. The summed E-state index contributed by atoms with van der Waals surface area (Å²) in [6.45, 7) is -0.449. The minimum absolute atomic E-state index is 0.320. The van der Waals surface area contributed by atoms with Crippen LogP contribution in [0.1, 0.15) is 10.4 Å². The molecule has 0 fully saturated rings. The highest BCUT2D eigenvalue weighted by atomic mass is 19.3. The minimum Gasteiger partial charge on any atom is -0.497 e. The Morgan fingerprint density at radius 1 is 1.29 bits per heavy atom. The number of ketones is 1. The summed E-state index contributed by atoms with van der Waals surface area (Å²) in [5.74, 6) is -1.31. The highest BCUT2D eigenvalue weighted by molar-refractivity contribution is 5.99. The molecule has 17 heavy (non-hydrogen) atoms. The topological polar surface area (TPSA) is 55.4 Å². The average Bonchev–Trinajstić information content (AvgIpc) is 2.35. The monoisotopic (exact) mass is 243 g/mol. The van der Waals surface area contributed by atoms with Gasteiger partial charge in [-0.3, -0.25) is 9.59 Å². The standard InChI is InChI=1S/C11H11F2NO3/c1-17-8-4-2-7(3-5-8)9(15)6-14-11(16)10(12)13/h2-5,10H,6H2,1H3,(H,14,16). The van der Waals surface area contributed by atoms with E-state index in [1.54, 1.807) is 12.1 Å². The van der Waals surface area contributed by atoms with Crippen LogP contribution in [0.3, 0.4) is 0 Å². The van der Waals surface area contributed by atoms with Crippen LogP contribution in [-0.2, 0) is 4.79 Å². The van der Waals surface area contributed by atoms with Crippen molar-refractivity contribution in [1.82, 2.24) is 5.32 Å². The molecule has 0 aromatic heterocycles. The van der Waals surface area contributed by atoms with Crippen molar-refractivity contribution in [3.63, 3.8) is 0 Å². The van der Waals surface area contributed by atoms with Crippen LogP contribution in [0.5, 0.6) is 5.75 Å². The molecule has 1 rings (SSSR count). The van der Waals surface area contributed by atoms with Gasteiger partial charge in [-0.1, -0.05) is 0 Å². The summed E-state index contributed by atoms with van der Waals surface area (Å²) in [7, 11) is 1.49. The Morgan fingerprint density at radius 2 is 1.88 bits per heavy atom. The summed E-state index contributed by atoms with van der Waals surface area (Å²) < 4.78 is 28.6. The van der Waals surface area contributed by atoms with Gasteiger partial charge in [0, 0.05) is 5.56 Å². The number of hydrogen-bond donors (Lipinski definition) is 1. The fourth-order valence-corrected chi connectivity index (χ4v) is 1.12. The lowest BCUT2D eigenvalue weighted by Gasteiger charge is -2.04. The molecule has 0 unspecified atom stereocenters. The second kappa shape index (κ2) is 5.93. The molecule has 6 heteroatoms. The molecule has 0 aliphatic rings. The highest BCUT2D eigenvalue weighted by Crippen LogP contribution is 2.11. The fourth-order valence-electron chi connectivity index (χ4n) is 1.12.